The zero-order chi connectivity index (χ0) is 41.7. The van der Waals surface area contributed by atoms with Gasteiger partial charge in [-0.3, -0.25) is 4.98 Å². The first-order chi connectivity index (χ1) is 31.2. The molecule has 0 N–H and O–H groups in total. The van der Waals surface area contributed by atoms with Crippen molar-refractivity contribution < 1.29 is 4.42 Å². The monoisotopic (exact) mass is 805 g/mol. The number of hydrogen-bond donors (Lipinski definition) is 0. The molecule has 0 atom stereocenters. The standard InChI is InChI=1S/C59H39N3O/c1-3-13-42(14-4-1)49-36-35-48(37-53(49)43-15-5-2-6-16-43)61(46-33-27-44(28-34-46)54-38-60-39-58-59(54)52-19-9-12-22-57(52)63-58)45-29-23-40(24-30-45)41-25-31-47(32-26-41)62-55-20-10-7-17-50(55)51-18-8-11-21-56(51)62/h1-39H. The third-order valence-corrected chi connectivity index (χ3v) is 12.3. The molecule has 0 saturated carbocycles. The zero-order valence-electron chi connectivity index (χ0n) is 34.3. The molecule has 3 heterocycles. The van der Waals surface area contributed by atoms with Crippen molar-refractivity contribution in [3.05, 3.63) is 237 Å². The van der Waals surface area contributed by atoms with Crippen LogP contribution in [0.1, 0.15) is 0 Å². The van der Waals surface area contributed by atoms with Crippen LogP contribution >= 0.6 is 0 Å². The minimum Gasteiger partial charge on any atom is -0.454 e. The Morgan fingerprint density at radius 3 is 1.48 bits per heavy atom. The molecular formula is C59H39N3O. The largest absolute Gasteiger partial charge is 0.454 e. The highest BCUT2D eigenvalue weighted by molar-refractivity contribution is 6.12. The van der Waals surface area contributed by atoms with E-state index in [1.165, 1.54) is 44.1 Å². The lowest BCUT2D eigenvalue weighted by atomic mass is 9.93. The van der Waals surface area contributed by atoms with Crippen molar-refractivity contribution in [3.63, 3.8) is 0 Å². The van der Waals surface area contributed by atoms with Gasteiger partial charge < -0.3 is 13.9 Å². The highest BCUT2D eigenvalue weighted by Crippen LogP contribution is 2.43. The first kappa shape index (κ1) is 36.4. The summed E-state index contributed by atoms with van der Waals surface area (Å²) >= 11 is 0. The van der Waals surface area contributed by atoms with Crippen LogP contribution in [-0.2, 0) is 0 Å². The summed E-state index contributed by atoms with van der Waals surface area (Å²) in [6, 6.07) is 80.4. The lowest BCUT2D eigenvalue weighted by Gasteiger charge is -2.27. The normalized spacial score (nSPS) is 11.5. The lowest BCUT2D eigenvalue weighted by molar-refractivity contribution is 0.667. The second kappa shape index (κ2) is 15.2. The summed E-state index contributed by atoms with van der Waals surface area (Å²) in [6.45, 7) is 0. The van der Waals surface area contributed by atoms with Crippen LogP contribution in [0, 0.1) is 0 Å². The number of pyridine rings is 1. The van der Waals surface area contributed by atoms with E-state index in [1.807, 2.05) is 24.5 Å². The van der Waals surface area contributed by atoms with Gasteiger partial charge in [0.1, 0.15) is 5.58 Å². The topological polar surface area (TPSA) is 34.2 Å². The van der Waals surface area contributed by atoms with Crippen LogP contribution in [0.2, 0.25) is 0 Å². The lowest BCUT2D eigenvalue weighted by Crippen LogP contribution is -2.10. The number of furan rings is 1. The van der Waals surface area contributed by atoms with E-state index in [1.54, 1.807) is 0 Å². The highest BCUT2D eigenvalue weighted by atomic mass is 16.3. The number of para-hydroxylation sites is 3. The van der Waals surface area contributed by atoms with E-state index in [-0.39, 0.29) is 0 Å². The van der Waals surface area contributed by atoms with E-state index in [0.717, 1.165) is 66.9 Å². The molecule has 0 bridgehead atoms. The average Bonchev–Trinajstić information content (AvgIpc) is 3.91. The zero-order valence-corrected chi connectivity index (χ0v) is 34.3. The van der Waals surface area contributed by atoms with E-state index in [0.29, 0.717) is 0 Å². The van der Waals surface area contributed by atoms with E-state index in [4.69, 9.17) is 4.42 Å². The summed E-state index contributed by atoms with van der Waals surface area (Å²) < 4.78 is 8.57. The van der Waals surface area contributed by atoms with Gasteiger partial charge in [-0.05, 0) is 106 Å². The van der Waals surface area contributed by atoms with Gasteiger partial charge in [0, 0.05) is 56.1 Å². The molecule has 0 saturated heterocycles. The Hall–Kier alpha value is -8.47. The Morgan fingerprint density at radius 1 is 0.349 bits per heavy atom. The number of hydrogen-bond acceptors (Lipinski definition) is 3. The van der Waals surface area contributed by atoms with Gasteiger partial charge in [-0.25, -0.2) is 0 Å². The molecule has 0 fully saturated rings. The second-order valence-corrected chi connectivity index (χ2v) is 16.0. The Kier molecular flexibility index (Phi) is 8.79. The Balaban J connectivity index is 0.951. The molecular weight excluding hydrogens is 767 g/mol. The maximum atomic E-state index is 6.20. The third-order valence-electron chi connectivity index (χ3n) is 12.3. The van der Waals surface area contributed by atoms with E-state index < -0.39 is 0 Å². The molecule has 4 heteroatoms. The van der Waals surface area contributed by atoms with Gasteiger partial charge in [0.05, 0.1) is 17.2 Å². The first-order valence-corrected chi connectivity index (χ1v) is 21.3. The molecule has 12 rings (SSSR count). The van der Waals surface area contributed by atoms with Gasteiger partial charge >= 0.3 is 0 Å². The highest BCUT2D eigenvalue weighted by Gasteiger charge is 2.19. The molecule has 0 aliphatic carbocycles. The Morgan fingerprint density at radius 2 is 0.841 bits per heavy atom. The van der Waals surface area contributed by atoms with Gasteiger partial charge in [0.15, 0.2) is 5.58 Å². The molecule has 63 heavy (non-hydrogen) atoms. The van der Waals surface area contributed by atoms with Crippen molar-refractivity contribution in [3.8, 4) is 50.2 Å². The summed E-state index contributed by atoms with van der Waals surface area (Å²) in [5.74, 6) is 0. The quantitative estimate of drug-likeness (QED) is 0.153. The van der Waals surface area contributed by atoms with Crippen molar-refractivity contribution in [1.29, 1.82) is 0 Å². The average molecular weight is 806 g/mol. The summed E-state index contributed by atoms with van der Waals surface area (Å²) in [7, 11) is 0. The van der Waals surface area contributed by atoms with Crippen molar-refractivity contribution in [2.24, 2.45) is 0 Å². The predicted molar refractivity (Wildman–Crippen MR) is 262 cm³/mol. The number of anilines is 3. The fourth-order valence-electron chi connectivity index (χ4n) is 9.34. The van der Waals surface area contributed by atoms with Crippen molar-refractivity contribution >= 4 is 60.8 Å². The van der Waals surface area contributed by atoms with Gasteiger partial charge in [0.2, 0.25) is 0 Å². The first-order valence-electron chi connectivity index (χ1n) is 21.3. The number of benzene rings is 9. The molecule has 3 aromatic heterocycles. The Bertz CT molecular complexity index is 3540. The molecule has 0 aliphatic rings. The fraction of sp³-hybridized carbons (Fsp3) is 0. The number of fused-ring (bicyclic) bond motifs is 6. The van der Waals surface area contributed by atoms with E-state index >= 15 is 0 Å². The minimum absolute atomic E-state index is 0.785. The van der Waals surface area contributed by atoms with Gasteiger partial charge in [-0.2, -0.15) is 0 Å². The summed E-state index contributed by atoms with van der Waals surface area (Å²) in [4.78, 5) is 6.93. The molecule has 12 aromatic rings. The smallest absolute Gasteiger partial charge is 0.154 e. The van der Waals surface area contributed by atoms with Crippen LogP contribution in [0.25, 0.3) is 93.9 Å². The molecule has 0 spiro atoms. The fourth-order valence-corrected chi connectivity index (χ4v) is 9.34. The number of aromatic nitrogens is 2. The van der Waals surface area contributed by atoms with Crippen LogP contribution in [0.15, 0.2) is 241 Å². The van der Waals surface area contributed by atoms with Crippen LogP contribution in [0.3, 0.4) is 0 Å². The molecule has 296 valence electrons. The predicted octanol–water partition coefficient (Wildman–Crippen LogP) is 16.2. The number of rotatable bonds is 8. The molecule has 4 nitrogen and oxygen atoms in total. The van der Waals surface area contributed by atoms with Crippen LogP contribution in [-0.4, -0.2) is 9.55 Å². The molecule has 0 aliphatic heterocycles. The van der Waals surface area contributed by atoms with E-state index in [9.17, 15) is 0 Å². The Labute approximate surface area is 365 Å². The van der Waals surface area contributed by atoms with Crippen LogP contribution in [0.5, 0.6) is 0 Å². The maximum absolute atomic E-state index is 6.20. The van der Waals surface area contributed by atoms with Crippen LogP contribution in [0.4, 0.5) is 17.1 Å². The second-order valence-electron chi connectivity index (χ2n) is 16.0. The third kappa shape index (κ3) is 6.36. The van der Waals surface area contributed by atoms with Gasteiger partial charge in [-0.15, -0.1) is 0 Å². The van der Waals surface area contributed by atoms with Crippen molar-refractivity contribution in [2.45, 2.75) is 0 Å². The van der Waals surface area contributed by atoms with E-state index in [2.05, 4.69) is 227 Å². The van der Waals surface area contributed by atoms with Crippen LogP contribution < -0.4 is 4.90 Å². The molecule has 0 radical (unpaired) electrons. The van der Waals surface area contributed by atoms with Crippen molar-refractivity contribution in [2.75, 3.05) is 4.90 Å². The SMILES string of the molecule is c1ccc(-c2ccc(N(c3ccc(-c4ccc(-n5c6ccccc6c6ccccc65)cc4)cc3)c3ccc(-c4cncc5oc6ccccc6c45)cc3)cc2-c2ccccc2)cc1. The maximum Gasteiger partial charge on any atom is 0.154 e. The molecule has 0 amide bonds. The summed E-state index contributed by atoms with van der Waals surface area (Å²) in [5.41, 5.74) is 17.5. The number of nitrogens with zero attached hydrogens (tertiary/aromatic N) is 3. The molecule has 0 unspecified atom stereocenters. The summed E-state index contributed by atoms with van der Waals surface area (Å²) in [5, 5.41) is 4.69. The van der Waals surface area contributed by atoms with Gasteiger partial charge in [-0.1, -0.05) is 158 Å². The van der Waals surface area contributed by atoms with Crippen molar-refractivity contribution in [1.82, 2.24) is 9.55 Å². The molecule has 9 aromatic carbocycles. The van der Waals surface area contributed by atoms with Gasteiger partial charge in [0.25, 0.3) is 0 Å². The summed E-state index contributed by atoms with van der Waals surface area (Å²) in [6.07, 6.45) is 3.75. The minimum atomic E-state index is 0.785.